The number of likely N-dealkylation sites (tertiary alicyclic amines) is 1. The maximum Gasteiger partial charge on any atom is 0.229 e. The Balaban J connectivity index is 1.33. The number of nitrogens with one attached hydrogen (secondary N) is 1. The Bertz CT molecular complexity index is 696. The number of pyridine rings is 1. The van der Waals surface area contributed by atoms with E-state index in [1.165, 1.54) is 12.8 Å². The Hall–Kier alpha value is -2.21. The number of carbonyl (C=O) groups excluding carboxylic acids is 1. The first-order valence-electron chi connectivity index (χ1n) is 8.67. The molecule has 1 atom stereocenters. The zero-order chi connectivity index (χ0) is 16.4. The van der Waals surface area contributed by atoms with Gasteiger partial charge in [-0.15, -0.1) is 0 Å². The monoisotopic (exact) mass is 326 g/mol. The van der Waals surface area contributed by atoms with E-state index in [0.29, 0.717) is 11.7 Å². The van der Waals surface area contributed by atoms with E-state index in [2.05, 4.69) is 20.2 Å². The molecule has 24 heavy (non-hydrogen) atoms. The molecule has 1 aliphatic heterocycles. The van der Waals surface area contributed by atoms with Gasteiger partial charge in [0.1, 0.15) is 11.6 Å². The topological polar surface area (TPSA) is 71.3 Å². The van der Waals surface area contributed by atoms with E-state index in [1.807, 2.05) is 24.4 Å². The highest BCUT2D eigenvalue weighted by atomic mass is 16.4. The molecule has 1 unspecified atom stereocenters. The summed E-state index contributed by atoms with van der Waals surface area (Å²) in [4.78, 5) is 23.3. The molecular formula is C18H22N4O2. The predicted molar refractivity (Wildman–Crippen MR) is 89.3 cm³/mol. The number of hydrogen-bond acceptors (Lipinski definition) is 5. The van der Waals surface area contributed by atoms with E-state index in [9.17, 15) is 4.79 Å². The Labute approximate surface area is 141 Å². The lowest BCUT2D eigenvalue weighted by Crippen LogP contribution is -2.40. The van der Waals surface area contributed by atoms with Crippen LogP contribution in [0.5, 0.6) is 0 Å². The molecule has 1 amide bonds. The average molecular weight is 326 g/mol. The van der Waals surface area contributed by atoms with Gasteiger partial charge >= 0.3 is 0 Å². The van der Waals surface area contributed by atoms with Gasteiger partial charge in [-0.3, -0.25) is 9.69 Å². The fraction of sp³-hybridized carbons (Fsp3) is 0.500. The number of aromatic nitrogens is 2. The van der Waals surface area contributed by atoms with Crippen molar-refractivity contribution in [1.29, 1.82) is 0 Å². The fourth-order valence-corrected chi connectivity index (χ4v) is 3.21. The number of anilines is 1. The van der Waals surface area contributed by atoms with Crippen molar-refractivity contribution in [2.24, 2.45) is 5.92 Å². The van der Waals surface area contributed by atoms with Crippen molar-refractivity contribution in [3.63, 3.8) is 0 Å². The van der Waals surface area contributed by atoms with E-state index in [1.54, 1.807) is 6.20 Å². The first-order valence-corrected chi connectivity index (χ1v) is 8.67. The van der Waals surface area contributed by atoms with Crippen molar-refractivity contribution in [2.45, 2.75) is 38.1 Å². The maximum absolute atomic E-state index is 12.5. The summed E-state index contributed by atoms with van der Waals surface area (Å²) in [5, 5.41) is 2.91. The lowest BCUT2D eigenvalue weighted by molar-refractivity contribution is -0.121. The Kier molecular flexibility index (Phi) is 4.30. The summed E-state index contributed by atoms with van der Waals surface area (Å²) in [7, 11) is 0. The first-order chi connectivity index (χ1) is 11.8. The number of rotatable bonds is 5. The molecule has 0 radical (unpaired) electrons. The molecule has 3 heterocycles. The smallest absolute Gasteiger partial charge is 0.229 e. The molecule has 2 aromatic rings. The van der Waals surface area contributed by atoms with Crippen LogP contribution < -0.4 is 5.32 Å². The molecule has 0 aromatic carbocycles. The van der Waals surface area contributed by atoms with Crippen molar-refractivity contribution < 1.29 is 9.21 Å². The van der Waals surface area contributed by atoms with Crippen molar-refractivity contribution in [2.75, 3.05) is 18.4 Å². The highest BCUT2D eigenvalue weighted by Crippen LogP contribution is 2.39. The van der Waals surface area contributed by atoms with E-state index < -0.39 is 0 Å². The largest absolute Gasteiger partial charge is 0.444 e. The van der Waals surface area contributed by atoms with Crippen LogP contribution in [0.4, 0.5) is 5.82 Å². The Morgan fingerprint density at radius 2 is 2.21 bits per heavy atom. The zero-order valence-electron chi connectivity index (χ0n) is 13.6. The SMILES string of the molecule is O=C(Nc1ccccn1)C1CCCN(Cc2cnc(C3CC3)o2)C1. The predicted octanol–water partition coefficient (Wildman–Crippen LogP) is 2.80. The van der Waals surface area contributed by atoms with Crippen LogP contribution in [0.15, 0.2) is 35.0 Å². The second kappa shape index (κ2) is 6.73. The number of amides is 1. The summed E-state index contributed by atoms with van der Waals surface area (Å²) >= 11 is 0. The average Bonchev–Trinajstić information content (AvgIpc) is 3.36. The van der Waals surface area contributed by atoms with Crippen LogP contribution >= 0.6 is 0 Å². The van der Waals surface area contributed by atoms with Crippen molar-refractivity contribution in [3.8, 4) is 0 Å². The minimum Gasteiger partial charge on any atom is -0.444 e. The molecule has 2 fully saturated rings. The van der Waals surface area contributed by atoms with Gasteiger partial charge in [-0.2, -0.15) is 0 Å². The molecule has 0 spiro atoms. The molecule has 0 bridgehead atoms. The lowest BCUT2D eigenvalue weighted by atomic mass is 9.97. The number of nitrogens with zero attached hydrogens (tertiary/aromatic N) is 3. The van der Waals surface area contributed by atoms with Gasteiger partial charge in [-0.05, 0) is 44.4 Å². The highest BCUT2D eigenvalue weighted by molar-refractivity contribution is 5.91. The molecule has 126 valence electrons. The minimum absolute atomic E-state index is 0.00780. The Morgan fingerprint density at radius 3 is 3.00 bits per heavy atom. The van der Waals surface area contributed by atoms with Crippen LogP contribution in [-0.2, 0) is 11.3 Å². The third kappa shape index (κ3) is 3.64. The minimum atomic E-state index is -0.00780. The second-order valence-electron chi connectivity index (χ2n) is 6.72. The molecule has 2 aliphatic rings. The molecular weight excluding hydrogens is 304 g/mol. The van der Waals surface area contributed by atoms with Gasteiger partial charge in [0.05, 0.1) is 18.7 Å². The zero-order valence-corrected chi connectivity index (χ0v) is 13.6. The van der Waals surface area contributed by atoms with Crippen LogP contribution in [0.25, 0.3) is 0 Å². The van der Waals surface area contributed by atoms with Gasteiger partial charge in [0.15, 0.2) is 5.89 Å². The maximum atomic E-state index is 12.5. The van der Waals surface area contributed by atoms with Crippen molar-refractivity contribution in [3.05, 3.63) is 42.2 Å². The molecule has 1 N–H and O–H groups in total. The number of carbonyl (C=O) groups is 1. The number of piperidine rings is 1. The number of oxazole rings is 1. The van der Waals surface area contributed by atoms with Crippen LogP contribution in [0.1, 0.15) is 43.3 Å². The van der Waals surface area contributed by atoms with Crippen LogP contribution in [0, 0.1) is 5.92 Å². The standard InChI is InChI=1S/C18H22N4O2/c23-17(21-16-5-1-2-8-19-16)14-4-3-9-22(11-14)12-15-10-20-18(24-15)13-6-7-13/h1-2,5,8,10,13-14H,3-4,6-7,9,11-12H2,(H,19,21,23). The number of hydrogen-bond donors (Lipinski definition) is 1. The first kappa shape index (κ1) is 15.3. The Morgan fingerprint density at radius 1 is 1.29 bits per heavy atom. The summed E-state index contributed by atoms with van der Waals surface area (Å²) in [6.07, 6.45) is 7.84. The van der Waals surface area contributed by atoms with Gasteiger partial charge < -0.3 is 9.73 Å². The third-order valence-electron chi connectivity index (χ3n) is 4.67. The molecule has 6 nitrogen and oxygen atoms in total. The highest BCUT2D eigenvalue weighted by Gasteiger charge is 2.30. The van der Waals surface area contributed by atoms with Gasteiger partial charge in [0.2, 0.25) is 5.91 Å². The van der Waals surface area contributed by atoms with Crippen molar-refractivity contribution in [1.82, 2.24) is 14.9 Å². The summed E-state index contributed by atoms with van der Waals surface area (Å²) in [6, 6.07) is 5.52. The lowest BCUT2D eigenvalue weighted by Gasteiger charge is -2.31. The van der Waals surface area contributed by atoms with Gasteiger partial charge in [0, 0.05) is 18.7 Å². The molecule has 1 saturated heterocycles. The molecule has 4 rings (SSSR count). The summed E-state index contributed by atoms with van der Waals surface area (Å²) in [5.74, 6) is 2.98. The normalized spacial score (nSPS) is 21.6. The molecule has 6 heteroatoms. The van der Waals surface area contributed by atoms with Crippen LogP contribution in [-0.4, -0.2) is 33.9 Å². The molecule has 1 aliphatic carbocycles. The quantitative estimate of drug-likeness (QED) is 0.915. The third-order valence-corrected chi connectivity index (χ3v) is 4.67. The second-order valence-corrected chi connectivity index (χ2v) is 6.72. The summed E-state index contributed by atoms with van der Waals surface area (Å²) in [5.41, 5.74) is 0. The van der Waals surface area contributed by atoms with Gasteiger partial charge in [0.25, 0.3) is 0 Å². The van der Waals surface area contributed by atoms with Crippen LogP contribution in [0.2, 0.25) is 0 Å². The van der Waals surface area contributed by atoms with Gasteiger partial charge in [-0.1, -0.05) is 6.07 Å². The van der Waals surface area contributed by atoms with E-state index in [-0.39, 0.29) is 11.8 Å². The van der Waals surface area contributed by atoms with E-state index >= 15 is 0 Å². The van der Waals surface area contributed by atoms with Crippen LogP contribution in [0.3, 0.4) is 0 Å². The molecule has 1 saturated carbocycles. The fourth-order valence-electron chi connectivity index (χ4n) is 3.21. The van der Waals surface area contributed by atoms with Gasteiger partial charge in [-0.25, -0.2) is 9.97 Å². The molecule has 2 aromatic heterocycles. The summed E-state index contributed by atoms with van der Waals surface area (Å²) in [6.45, 7) is 2.47. The van der Waals surface area contributed by atoms with E-state index in [0.717, 1.165) is 44.1 Å². The summed E-state index contributed by atoms with van der Waals surface area (Å²) < 4.78 is 5.84. The van der Waals surface area contributed by atoms with E-state index in [4.69, 9.17) is 4.42 Å². The van der Waals surface area contributed by atoms with Crippen molar-refractivity contribution >= 4 is 11.7 Å².